The first-order valence-corrected chi connectivity index (χ1v) is 7.09. The van der Waals surface area contributed by atoms with Crippen LogP contribution < -0.4 is 9.47 Å². The molecule has 0 bridgehead atoms. The third-order valence-electron chi connectivity index (χ3n) is 4.02. The van der Waals surface area contributed by atoms with E-state index in [-0.39, 0.29) is 6.10 Å². The lowest BCUT2D eigenvalue weighted by atomic mass is 9.85. The van der Waals surface area contributed by atoms with E-state index in [0.29, 0.717) is 12.7 Å². The second-order valence-electron chi connectivity index (χ2n) is 5.36. The lowest BCUT2D eigenvalue weighted by Gasteiger charge is -2.24. The molecule has 0 saturated heterocycles. The van der Waals surface area contributed by atoms with E-state index in [1.807, 2.05) is 30.4 Å². The molecule has 2 aliphatic rings. The number of aliphatic hydroxyl groups excluding tert-OH is 1. The lowest BCUT2D eigenvalue weighted by molar-refractivity contribution is 0.126. The Labute approximate surface area is 113 Å². The fourth-order valence-electron chi connectivity index (χ4n) is 2.86. The predicted molar refractivity (Wildman–Crippen MR) is 74.2 cm³/mol. The van der Waals surface area contributed by atoms with Crippen molar-refractivity contribution >= 4 is 6.08 Å². The average molecular weight is 260 g/mol. The molecule has 102 valence electrons. The summed E-state index contributed by atoms with van der Waals surface area (Å²) in [6.07, 6.45) is 9.66. The van der Waals surface area contributed by atoms with E-state index in [2.05, 4.69) is 0 Å². The minimum Gasteiger partial charge on any atom is -0.454 e. The summed E-state index contributed by atoms with van der Waals surface area (Å²) in [7, 11) is 0. The number of benzene rings is 1. The molecule has 1 unspecified atom stereocenters. The van der Waals surface area contributed by atoms with Crippen LogP contribution in [0.2, 0.25) is 0 Å². The molecule has 1 N–H and O–H groups in total. The third kappa shape index (κ3) is 2.92. The molecule has 1 saturated carbocycles. The molecule has 0 amide bonds. The number of fused-ring (bicyclic) bond motifs is 1. The highest BCUT2D eigenvalue weighted by atomic mass is 16.7. The summed E-state index contributed by atoms with van der Waals surface area (Å²) in [5, 5.41) is 10.2. The Morgan fingerprint density at radius 1 is 1.11 bits per heavy atom. The Balaban J connectivity index is 1.65. The van der Waals surface area contributed by atoms with Gasteiger partial charge in [-0.1, -0.05) is 37.5 Å². The molecule has 1 aromatic carbocycles. The lowest BCUT2D eigenvalue weighted by Crippen LogP contribution is -2.20. The largest absolute Gasteiger partial charge is 0.454 e. The zero-order valence-electron chi connectivity index (χ0n) is 11.0. The molecular formula is C16H20O3. The molecule has 19 heavy (non-hydrogen) atoms. The minimum absolute atomic E-state index is 0.299. The van der Waals surface area contributed by atoms with Gasteiger partial charge in [-0.2, -0.15) is 0 Å². The van der Waals surface area contributed by atoms with Crippen LogP contribution in [0.1, 0.15) is 37.7 Å². The van der Waals surface area contributed by atoms with Crippen LogP contribution in [0.15, 0.2) is 24.3 Å². The van der Waals surface area contributed by atoms with Crippen molar-refractivity contribution in [3.63, 3.8) is 0 Å². The molecule has 3 heteroatoms. The van der Waals surface area contributed by atoms with E-state index >= 15 is 0 Å². The predicted octanol–water partition coefficient (Wildman–Crippen LogP) is 3.37. The number of ether oxygens (including phenoxy) is 2. The van der Waals surface area contributed by atoms with Crippen molar-refractivity contribution in [2.24, 2.45) is 5.92 Å². The Morgan fingerprint density at radius 3 is 2.74 bits per heavy atom. The summed E-state index contributed by atoms with van der Waals surface area (Å²) in [5.41, 5.74) is 1.04. The Morgan fingerprint density at radius 2 is 1.89 bits per heavy atom. The Bertz CT molecular complexity index is 461. The van der Waals surface area contributed by atoms with Gasteiger partial charge in [0.15, 0.2) is 11.5 Å². The van der Waals surface area contributed by atoms with Crippen LogP contribution in [0.3, 0.4) is 0 Å². The van der Waals surface area contributed by atoms with Crippen LogP contribution in [0.25, 0.3) is 6.08 Å². The number of hydrogen-bond acceptors (Lipinski definition) is 3. The smallest absolute Gasteiger partial charge is 0.231 e. The summed E-state index contributed by atoms with van der Waals surface area (Å²) in [6.45, 7) is 0.299. The summed E-state index contributed by atoms with van der Waals surface area (Å²) in [4.78, 5) is 0. The highest BCUT2D eigenvalue weighted by molar-refractivity contribution is 5.56. The van der Waals surface area contributed by atoms with Gasteiger partial charge in [-0.3, -0.25) is 0 Å². The quantitative estimate of drug-likeness (QED) is 0.905. The molecule has 1 aliphatic carbocycles. The second-order valence-corrected chi connectivity index (χ2v) is 5.36. The molecule has 0 aromatic heterocycles. The Kier molecular flexibility index (Phi) is 3.74. The van der Waals surface area contributed by atoms with Gasteiger partial charge in [-0.05, 0) is 36.5 Å². The normalized spacial score (nSPS) is 20.9. The van der Waals surface area contributed by atoms with Crippen LogP contribution in [-0.2, 0) is 0 Å². The first kappa shape index (κ1) is 12.5. The standard InChI is InChI=1S/C16H20O3/c17-14(13-4-2-1-3-5-13)8-6-12-7-9-15-16(10-12)19-11-18-15/h6-10,13-14,17H,1-5,11H2. The number of rotatable bonds is 3. The molecule has 1 aliphatic heterocycles. The van der Waals surface area contributed by atoms with Crippen molar-refractivity contribution < 1.29 is 14.6 Å². The van der Waals surface area contributed by atoms with Crippen LogP contribution in [0, 0.1) is 5.92 Å². The summed E-state index contributed by atoms with van der Waals surface area (Å²) < 4.78 is 10.6. The van der Waals surface area contributed by atoms with Gasteiger partial charge in [0.25, 0.3) is 0 Å². The first-order chi connectivity index (χ1) is 9.33. The van der Waals surface area contributed by atoms with E-state index in [9.17, 15) is 5.11 Å². The van der Waals surface area contributed by atoms with Gasteiger partial charge in [0.2, 0.25) is 6.79 Å². The van der Waals surface area contributed by atoms with Crippen molar-refractivity contribution in [1.82, 2.24) is 0 Å². The summed E-state index contributed by atoms with van der Waals surface area (Å²) >= 11 is 0. The van der Waals surface area contributed by atoms with Gasteiger partial charge in [-0.15, -0.1) is 0 Å². The third-order valence-corrected chi connectivity index (χ3v) is 4.02. The monoisotopic (exact) mass is 260 g/mol. The molecule has 3 rings (SSSR count). The minimum atomic E-state index is -0.328. The van der Waals surface area contributed by atoms with Crippen molar-refractivity contribution in [1.29, 1.82) is 0 Å². The molecule has 1 fully saturated rings. The van der Waals surface area contributed by atoms with E-state index < -0.39 is 0 Å². The Hall–Kier alpha value is -1.48. The van der Waals surface area contributed by atoms with E-state index in [1.54, 1.807) is 0 Å². The van der Waals surface area contributed by atoms with Gasteiger partial charge in [-0.25, -0.2) is 0 Å². The van der Waals surface area contributed by atoms with Crippen molar-refractivity contribution in [3.05, 3.63) is 29.8 Å². The van der Waals surface area contributed by atoms with E-state index in [0.717, 1.165) is 29.9 Å². The van der Waals surface area contributed by atoms with Crippen LogP contribution in [0.4, 0.5) is 0 Å². The average Bonchev–Trinajstić information content (AvgIpc) is 2.93. The SMILES string of the molecule is OC(C=Cc1ccc2c(c1)OCO2)C1CCCCC1. The number of aliphatic hydroxyl groups is 1. The van der Waals surface area contributed by atoms with Crippen LogP contribution in [-0.4, -0.2) is 18.0 Å². The van der Waals surface area contributed by atoms with Crippen molar-refractivity contribution in [3.8, 4) is 11.5 Å². The highest BCUT2D eigenvalue weighted by Gasteiger charge is 2.19. The fourth-order valence-corrected chi connectivity index (χ4v) is 2.86. The van der Waals surface area contributed by atoms with Crippen LogP contribution >= 0.6 is 0 Å². The molecule has 0 radical (unpaired) electrons. The summed E-state index contributed by atoms with van der Waals surface area (Å²) in [6, 6.07) is 5.85. The molecule has 3 nitrogen and oxygen atoms in total. The van der Waals surface area contributed by atoms with E-state index in [1.165, 1.54) is 19.3 Å². The maximum Gasteiger partial charge on any atom is 0.231 e. The summed E-state index contributed by atoms with van der Waals surface area (Å²) in [5.74, 6) is 2.01. The number of hydrogen-bond donors (Lipinski definition) is 1. The zero-order valence-corrected chi connectivity index (χ0v) is 11.0. The van der Waals surface area contributed by atoms with Gasteiger partial charge in [0.1, 0.15) is 0 Å². The van der Waals surface area contributed by atoms with E-state index in [4.69, 9.17) is 9.47 Å². The van der Waals surface area contributed by atoms with Crippen molar-refractivity contribution in [2.75, 3.05) is 6.79 Å². The van der Waals surface area contributed by atoms with Gasteiger partial charge < -0.3 is 14.6 Å². The molecule has 1 heterocycles. The van der Waals surface area contributed by atoms with Gasteiger partial charge >= 0.3 is 0 Å². The van der Waals surface area contributed by atoms with Crippen molar-refractivity contribution in [2.45, 2.75) is 38.2 Å². The molecule has 1 atom stereocenters. The van der Waals surface area contributed by atoms with Gasteiger partial charge in [0, 0.05) is 0 Å². The highest BCUT2D eigenvalue weighted by Crippen LogP contribution is 2.33. The molecular weight excluding hydrogens is 240 g/mol. The fraction of sp³-hybridized carbons (Fsp3) is 0.500. The molecule has 0 spiro atoms. The second kappa shape index (κ2) is 5.66. The molecule has 1 aromatic rings. The maximum atomic E-state index is 10.2. The van der Waals surface area contributed by atoms with Gasteiger partial charge in [0.05, 0.1) is 6.10 Å². The topological polar surface area (TPSA) is 38.7 Å². The zero-order chi connectivity index (χ0) is 13.1. The first-order valence-electron chi connectivity index (χ1n) is 7.09. The van der Waals surface area contributed by atoms with Crippen LogP contribution in [0.5, 0.6) is 11.5 Å². The maximum absolute atomic E-state index is 10.2.